The largest absolute Gasteiger partial charge is 0.504 e. The smallest absolute Gasteiger partial charge is 0.200 e. The van der Waals surface area contributed by atoms with Gasteiger partial charge in [0.25, 0.3) is 0 Å². The van der Waals surface area contributed by atoms with Crippen molar-refractivity contribution >= 4 is 0 Å². The van der Waals surface area contributed by atoms with Crippen LogP contribution in [0.15, 0.2) is 30.3 Å². The molecule has 7 heteroatoms. The minimum Gasteiger partial charge on any atom is -0.504 e. The summed E-state index contributed by atoms with van der Waals surface area (Å²) in [5.41, 5.74) is 1.49. The van der Waals surface area contributed by atoms with Crippen LogP contribution in [0.25, 0.3) is 0 Å². The lowest BCUT2D eigenvalue weighted by molar-refractivity contribution is 0.0714. The maximum Gasteiger partial charge on any atom is 0.200 e. The van der Waals surface area contributed by atoms with E-state index in [-0.39, 0.29) is 35.2 Å². The van der Waals surface area contributed by atoms with Crippen LogP contribution in [0, 0.1) is 0 Å². The highest BCUT2D eigenvalue weighted by atomic mass is 16.5. The van der Waals surface area contributed by atoms with E-state index in [9.17, 15) is 30.6 Å². The van der Waals surface area contributed by atoms with Crippen molar-refractivity contribution in [3.05, 3.63) is 41.5 Å². The van der Waals surface area contributed by atoms with Gasteiger partial charge in [-0.05, 0) is 67.5 Å². The van der Waals surface area contributed by atoms with Crippen LogP contribution in [0.5, 0.6) is 28.7 Å². The predicted octanol–water partition coefficient (Wildman–Crippen LogP) is 2.19. The Morgan fingerprint density at radius 3 is 1.96 bits per heavy atom. The number of phenols is 4. The van der Waals surface area contributed by atoms with Gasteiger partial charge in [-0.3, -0.25) is 0 Å². The van der Waals surface area contributed by atoms with Crippen LogP contribution in [0.1, 0.15) is 30.4 Å². The van der Waals surface area contributed by atoms with Crippen molar-refractivity contribution in [3.8, 4) is 28.7 Å². The lowest BCUT2D eigenvalue weighted by atomic mass is 9.98. The monoisotopic (exact) mass is 378 g/mol. The molecule has 7 nitrogen and oxygen atoms in total. The van der Waals surface area contributed by atoms with Gasteiger partial charge in [-0.25, -0.2) is 0 Å². The molecular formula is C20H26O7. The number of rotatable bonds is 9. The predicted molar refractivity (Wildman–Crippen MR) is 99.4 cm³/mol. The molecule has 0 aromatic heterocycles. The fourth-order valence-electron chi connectivity index (χ4n) is 2.89. The van der Waals surface area contributed by atoms with Crippen molar-refractivity contribution in [2.45, 2.75) is 44.3 Å². The van der Waals surface area contributed by atoms with Crippen LogP contribution >= 0.6 is 0 Å². The minimum absolute atomic E-state index is 0.164. The van der Waals surface area contributed by atoms with Gasteiger partial charge in [0.1, 0.15) is 0 Å². The van der Waals surface area contributed by atoms with Gasteiger partial charge in [-0.15, -0.1) is 0 Å². The average molecular weight is 378 g/mol. The number of methoxy groups -OCH3 is 1. The van der Waals surface area contributed by atoms with Crippen molar-refractivity contribution in [1.82, 2.24) is 0 Å². The van der Waals surface area contributed by atoms with Crippen LogP contribution in [0.2, 0.25) is 0 Å². The third-order valence-corrected chi connectivity index (χ3v) is 4.45. The maximum atomic E-state index is 10.1. The Morgan fingerprint density at radius 2 is 1.37 bits per heavy atom. The molecule has 27 heavy (non-hydrogen) atoms. The molecule has 0 bridgehead atoms. The first-order valence-electron chi connectivity index (χ1n) is 8.76. The van der Waals surface area contributed by atoms with E-state index in [1.165, 1.54) is 25.3 Å². The van der Waals surface area contributed by atoms with Gasteiger partial charge >= 0.3 is 0 Å². The molecule has 0 amide bonds. The zero-order chi connectivity index (χ0) is 20.0. The van der Waals surface area contributed by atoms with E-state index < -0.39 is 12.2 Å². The van der Waals surface area contributed by atoms with Gasteiger partial charge in [-0.2, -0.15) is 0 Å². The van der Waals surface area contributed by atoms with E-state index in [0.29, 0.717) is 31.2 Å². The summed E-state index contributed by atoms with van der Waals surface area (Å²) >= 11 is 0. The highest BCUT2D eigenvalue weighted by Gasteiger charge is 2.15. The van der Waals surface area contributed by atoms with E-state index in [1.807, 2.05) is 0 Å². The quantitative estimate of drug-likeness (QED) is 0.369. The van der Waals surface area contributed by atoms with Gasteiger partial charge in [0.05, 0.1) is 19.3 Å². The lowest BCUT2D eigenvalue weighted by Crippen LogP contribution is -2.19. The number of benzene rings is 2. The molecule has 2 aromatic carbocycles. The molecule has 0 aliphatic heterocycles. The van der Waals surface area contributed by atoms with Crippen LogP contribution in [0.4, 0.5) is 0 Å². The second-order valence-electron chi connectivity index (χ2n) is 6.61. The molecular weight excluding hydrogens is 352 g/mol. The number of aryl methyl sites for hydroxylation is 2. The van der Waals surface area contributed by atoms with Crippen molar-refractivity contribution in [2.24, 2.45) is 0 Å². The van der Waals surface area contributed by atoms with E-state index in [4.69, 9.17) is 4.74 Å². The topological polar surface area (TPSA) is 131 Å². The molecule has 2 rings (SSSR count). The normalized spacial score (nSPS) is 13.3. The van der Waals surface area contributed by atoms with Crippen LogP contribution in [-0.2, 0) is 12.8 Å². The van der Waals surface area contributed by atoms with E-state index in [2.05, 4.69) is 0 Å². The number of hydrogen-bond acceptors (Lipinski definition) is 7. The molecule has 148 valence electrons. The van der Waals surface area contributed by atoms with Gasteiger partial charge in [0.2, 0.25) is 5.75 Å². The fraction of sp³-hybridized carbons (Fsp3) is 0.400. The second kappa shape index (κ2) is 9.34. The van der Waals surface area contributed by atoms with Crippen molar-refractivity contribution < 1.29 is 35.4 Å². The van der Waals surface area contributed by atoms with Crippen LogP contribution in [0.3, 0.4) is 0 Å². The van der Waals surface area contributed by atoms with Gasteiger partial charge in [-0.1, -0.05) is 6.07 Å². The summed E-state index contributed by atoms with van der Waals surface area (Å²) in [5.74, 6) is -0.827. The Morgan fingerprint density at radius 1 is 0.778 bits per heavy atom. The molecule has 0 radical (unpaired) electrons. The van der Waals surface area contributed by atoms with E-state index >= 15 is 0 Å². The molecule has 2 aromatic rings. The summed E-state index contributed by atoms with van der Waals surface area (Å²) in [6.45, 7) is 0. The Balaban J connectivity index is 1.80. The molecule has 2 atom stereocenters. The number of phenolic OH excluding ortho intramolecular Hbond substituents is 4. The van der Waals surface area contributed by atoms with Crippen molar-refractivity contribution in [1.29, 1.82) is 0 Å². The number of ether oxygens (including phenoxy) is 1. The highest BCUT2D eigenvalue weighted by molar-refractivity contribution is 5.51. The Bertz CT molecular complexity index is 760. The first-order chi connectivity index (χ1) is 12.8. The highest BCUT2D eigenvalue weighted by Crippen LogP contribution is 2.36. The molecule has 0 unspecified atom stereocenters. The van der Waals surface area contributed by atoms with E-state index in [1.54, 1.807) is 12.1 Å². The Kier molecular flexibility index (Phi) is 7.15. The summed E-state index contributed by atoms with van der Waals surface area (Å²) in [6, 6.07) is 7.52. The van der Waals surface area contributed by atoms with Crippen molar-refractivity contribution in [2.75, 3.05) is 7.11 Å². The Labute approximate surface area is 157 Å². The molecule has 0 aliphatic rings. The minimum atomic E-state index is -0.727. The molecule has 0 spiro atoms. The third-order valence-electron chi connectivity index (χ3n) is 4.45. The van der Waals surface area contributed by atoms with E-state index in [0.717, 1.165) is 5.56 Å². The summed E-state index contributed by atoms with van der Waals surface area (Å²) in [6.07, 6.45) is 0.508. The second-order valence-corrected chi connectivity index (χ2v) is 6.61. The van der Waals surface area contributed by atoms with Crippen LogP contribution < -0.4 is 4.74 Å². The zero-order valence-electron chi connectivity index (χ0n) is 15.2. The van der Waals surface area contributed by atoms with Crippen molar-refractivity contribution in [3.63, 3.8) is 0 Å². The number of aliphatic hydroxyl groups excluding tert-OH is 2. The van der Waals surface area contributed by atoms with Gasteiger partial charge in [0, 0.05) is 0 Å². The summed E-state index contributed by atoms with van der Waals surface area (Å²) < 4.78 is 4.98. The first kappa shape index (κ1) is 20.7. The number of aliphatic hydroxyl groups is 2. The summed E-state index contributed by atoms with van der Waals surface area (Å²) in [5, 5.41) is 58.3. The standard InChI is InChI=1S/C20H26O7/c1-27-19-10-13(9-18(25)20(19)26)3-6-15(22)11-14(21)5-2-12-4-7-16(23)17(24)8-12/h4,7-10,14-15,21-26H,2-3,5-6,11H2,1H3/t14-,15-/m1/s1. The zero-order valence-corrected chi connectivity index (χ0v) is 15.2. The molecule has 0 saturated heterocycles. The third kappa shape index (κ3) is 5.94. The Hall–Kier alpha value is -2.64. The maximum absolute atomic E-state index is 10.1. The van der Waals surface area contributed by atoms with Crippen LogP contribution in [-0.4, -0.2) is 50.0 Å². The number of aromatic hydroxyl groups is 4. The molecule has 0 aliphatic carbocycles. The lowest BCUT2D eigenvalue weighted by Gasteiger charge is -2.16. The molecule has 0 saturated carbocycles. The molecule has 6 N–H and O–H groups in total. The summed E-state index contributed by atoms with van der Waals surface area (Å²) in [4.78, 5) is 0. The molecule has 0 heterocycles. The van der Waals surface area contributed by atoms with Gasteiger partial charge < -0.3 is 35.4 Å². The average Bonchev–Trinajstić information content (AvgIpc) is 2.63. The SMILES string of the molecule is COc1cc(CC[C@@H](O)C[C@H](O)CCc2ccc(O)c(O)c2)cc(O)c1O. The summed E-state index contributed by atoms with van der Waals surface area (Å²) in [7, 11) is 1.39. The van der Waals surface area contributed by atoms with Gasteiger partial charge in [0.15, 0.2) is 23.0 Å². The first-order valence-corrected chi connectivity index (χ1v) is 8.76. The fourth-order valence-corrected chi connectivity index (χ4v) is 2.89. The molecule has 0 fully saturated rings. The number of hydrogen-bond donors (Lipinski definition) is 6.